The summed E-state index contributed by atoms with van der Waals surface area (Å²) < 4.78 is 26.7. The number of rotatable bonds is 8. The predicted molar refractivity (Wildman–Crippen MR) is 118 cm³/mol. The third-order valence-electron chi connectivity index (χ3n) is 4.51. The molecule has 0 atom stereocenters. The number of hydrogen-bond donors (Lipinski definition) is 1. The van der Waals surface area contributed by atoms with Gasteiger partial charge in [0.25, 0.3) is 5.56 Å². The van der Waals surface area contributed by atoms with Gasteiger partial charge in [0.05, 0.1) is 21.9 Å². The summed E-state index contributed by atoms with van der Waals surface area (Å²) in [5.41, 5.74) is 1.23. The summed E-state index contributed by atoms with van der Waals surface area (Å²) in [5.74, 6) is -0.550. The summed E-state index contributed by atoms with van der Waals surface area (Å²) in [6, 6.07) is 11.4. The van der Waals surface area contributed by atoms with Gasteiger partial charge in [-0.2, -0.15) is 5.10 Å². The zero-order valence-electron chi connectivity index (χ0n) is 16.8. The Balaban J connectivity index is 1.68. The van der Waals surface area contributed by atoms with Crippen molar-refractivity contribution in [3.05, 3.63) is 81.5 Å². The molecule has 1 aromatic carbocycles. The van der Waals surface area contributed by atoms with Gasteiger partial charge in [0.2, 0.25) is 5.91 Å². The standard InChI is InChI=1S/C21H21ClN4O4S/c1-15-7-8-18(25-20(27)14-26-21(28)11-16(22)13-24-26)12-19(15)31(29,30)10-4-6-17-5-2-3-9-23-17/h2-3,5,7-9,11-13H,4,6,10,14H2,1H3,(H,25,27). The van der Waals surface area contributed by atoms with Crippen LogP contribution in [-0.2, 0) is 27.6 Å². The molecule has 2 heterocycles. The number of amides is 1. The van der Waals surface area contributed by atoms with Crippen molar-refractivity contribution in [3.63, 3.8) is 0 Å². The van der Waals surface area contributed by atoms with E-state index in [9.17, 15) is 18.0 Å². The quantitative estimate of drug-likeness (QED) is 0.553. The van der Waals surface area contributed by atoms with Gasteiger partial charge in [0.15, 0.2) is 9.84 Å². The molecule has 3 rings (SSSR count). The van der Waals surface area contributed by atoms with E-state index in [1.807, 2.05) is 18.2 Å². The molecule has 0 unspecified atom stereocenters. The SMILES string of the molecule is Cc1ccc(NC(=O)Cn2ncc(Cl)cc2=O)cc1S(=O)(=O)CCCc1ccccn1. The fraction of sp³-hybridized carbons (Fsp3) is 0.238. The van der Waals surface area contributed by atoms with Gasteiger partial charge in [0, 0.05) is 23.6 Å². The molecule has 0 spiro atoms. The Morgan fingerprint density at radius 3 is 2.71 bits per heavy atom. The van der Waals surface area contributed by atoms with E-state index in [0.29, 0.717) is 24.1 Å². The molecule has 31 heavy (non-hydrogen) atoms. The van der Waals surface area contributed by atoms with Crippen LogP contribution >= 0.6 is 11.6 Å². The molecular formula is C21H21ClN4O4S. The monoisotopic (exact) mass is 460 g/mol. The molecule has 0 bridgehead atoms. The third-order valence-corrected chi connectivity index (χ3v) is 6.65. The fourth-order valence-corrected chi connectivity index (χ4v) is 4.73. The smallest absolute Gasteiger partial charge is 0.268 e. The summed E-state index contributed by atoms with van der Waals surface area (Å²) in [4.78, 5) is 28.5. The summed E-state index contributed by atoms with van der Waals surface area (Å²) in [6.45, 7) is 1.38. The second-order valence-corrected chi connectivity index (χ2v) is 9.46. The Hall–Kier alpha value is -3.04. The van der Waals surface area contributed by atoms with Crippen molar-refractivity contribution in [2.24, 2.45) is 0 Å². The number of anilines is 1. The van der Waals surface area contributed by atoms with Gasteiger partial charge in [-0.25, -0.2) is 13.1 Å². The molecule has 10 heteroatoms. The van der Waals surface area contributed by atoms with Crippen LogP contribution in [0.4, 0.5) is 5.69 Å². The van der Waals surface area contributed by atoms with Crippen LogP contribution in [0.1, 0.15) is 17.7 Å². The Labute approximate surface area is 184 Å². The number of nitrogens with one attached hydrogen (secondary N) is 1. The van der Waals surface area contributed by atoms with Crippen molar-refractivity contribution in [2.45, 2.75) is 31.2 Å². The topological polar surface area (TPSA) is 111 Å². The number of carbonyl (C=O) groups is 1. The highest BCUT2D eigenvalue weighted by molar-refractivity contribution is 7.91. The van der Waals surface area contributed by atoms with Crippen molar-refractivity contribution in [1.82, 2.24) is 14.8 Å². The summed E-state index contributed by atoms with van der Waals surface area (Å²) in [7, 11) is -3.55. The average Bonchev–Trinajstić information content (AvgIpc) is 2.72. The Kier molecular flexibility index (Phi) is 7.19. The van der Waals surface area contributed by atoms with E-state index >= 15 is 0 Å². The van der Waals surface area contributed by atoms with Crippen molar-refractivity contribution in [3.8, 4) is 0 Å². The number of nitrogens with zero attached hydrogens (tertiary/aromatic N) is 3. The van der Waals surface area contributed by atoms with Crippen molar-refractivity contribution in [1.29, 1.82) is 0 Å². The normalized spacial score (nSPS) is 11.3. The molecule has 0 radical (unpaired) electrons. The first kappa shape index (κ1) is 22.6. The minimum Gasteiger partial charge on any atom is -0.324 e. The van der Waals surface area contributed by atoms with E-state index in [1.54, 1.807) is 25.3 Å². The summed E-state index contributed by atoms with van der Waals surface area (Å²) in [6.07, 6.45) is 3.92. The highest BCUT2D eigenvalue weighted by Gasteiger charge is 2.18. The van der Waals surface area contributed by atoms with Gasteiger partial charge in [-0.05, 0) is 49.6 Å². The molecular weight excluding hydrogens is 440 g/mol. The van der Waals surface area contributed by atoms with Crippen LogP contribution in [0.5, 0.6) is 0 Å². The molecule has 0 saturated carbocycles. The Morgan fingerprint density at radius 1 is 1.19 bits per heavy atom. The molecule has 162 valence electrons. The van der Waals surface area contributed by atoms with Gasteiger partial charge in [0.1, 0.15) is 6.54 Å². The molecule has 8 nitrogen and oxygen atoms in total. The summed E-state index contributed by atoms with van der Waals surface area (Å²) in [5, 5.41) is 6.59. The van der Waals surface area contributed by atoms with Crippen molar-refractivity contribution < 1.29 is 13.2 Å². The largest absolute Gasteiger partial charge is 0.324 e. The van der Waals surface area contributed by atoms with Gasteiger partial charge in [-0.3, -0.25) is 14.6 Å². The molecule has 0 aliphatic carbocycles. The molecule has 2 aromatic heterocycles. The van der Waals surface area contributed by atoms with Crippen LogP contribution in [0.2, 0.25) is 5.02 Å². The maximum absolute atomic E-state index is 12.8. The number of hydrogen-bond acceptors (Lipinski definition) is 6. The minimum absolute atomic E-state index is 0.0358. The lowest BCUT2D eigenvalue weighted by atomic mass is 10.2. The molecule has 1 N–H and O–H groups in total. The fourth-order valence-electron chi connectivity index (χ4n) is 2.98. The van der Waals surface area contributed by atoms with Crippen LogP contribution in [0.3, 0.4) is 0 Å². The lowest BCUT2D eigenvalue weighted by Crippen LogP contribution is -2.29. The first-order valence-corrected chi connectivity index (χ1v) is 11.5. The lowest BCUT2D eigenvalue weighted by Gasteiger charge is -2.11. The van der Waals surface area contributed by atoms with Gasteiger partial charge in [-0.15, -0.1) is 0 Å². The maximum atomic E-state index is 12.8. The lowest BCUT2D eigenvalue weighted by molar-refractivity contribution is -0.117. The number of aromatic nitrogens is 3. The van der Waals surface area contributed by atoms with Crippen molar-refractivity contribution >= 4 is 33.0 Å². The first-order valence-electron chi connectivity index (χ1n) is 9.50. The second-order valence-electron chi connectivity index (χ2n) is 6.94. The van der Waals surface area contributed by atoms with Crippen LogP contribution in [0, 0.1) is 6.92 Å². The zero-order chi connectivity index (χ0) is 22.4. The zero-order valence-corrected chi connectivity index (χ0v) is 18.4. The van der Waals surface area contributed by atoms with Crippen LogP contribution < -0.4 is 10.9 Å². The third kappa shape index (κ3) is 6.22. The molecule has 1 amide bonds. The van der Waals surface area contributed by atoms with E-state index in [2.05, 4.69) is 15.4 Å². The molecule has 3 aromatic rings. The van der Waals surface area contributed by atoms with Crippen LogP contribution in [0.25, 0.3) is 0 Å². The molecule has 0 saturated heterocycles. The van der Waals surface area contributed by atoms with Crippen LogP contribution in [-0.4, -0.2) is 34.8 Å². The van der Waals surface area contributed by atoms with Gasteiger partial charge >= 0.3 is 0 Å². The number of pyridine rings is 1. The van der Waals surface area contributed by atoms with E-state index in [0.717, 1.165) is 16.4 Å². The van der Waals surface area contributed by atoms with Gasteiger partial charge < -0.3 is 5.32 Å². The number of sulfone groups is 1. The van der Waals surface area contributed by atoms with E-state index in [1.165, 1.54) is 12.3 Å². The summed E-state index contributed by atoms with van der Waals surface area (Å²) >= 11 is 5.69. The van der Waals surface area contributed by atoms with Crippen LogP contribution in [0.15, 0.2) is 64.5 Å². The average molecular weight is 461 g/mol. The van der Waals surface area contributed by atoms with E-state index < -0.39 is 21.3 Å². The highest BCUT2D eigenvalue weighted by atomic mass is 35.5. The van der Waals surface area contributed by atoms with Gasteiger partial charge in [-0.1, -0.05) is 23.7 Å². The minimum atomic E-state index is -3.55. The molecule has 0 fully saturated rings. The molecule has 0 aliphatic heterocycles. The second kappa shape index (κ2) is 9.84. The first-order chi connectivity index (χ1) is 14.7. The number of benzene rings is 1. The van der Waals surface area contributed by atoms with E-state index in [-0.39, 0.29) is 22.2 Å². The number of halogens is 1. The molecule has 0 aliphatic rings. The number of carbonyl (C=O) groups excluding carboxylic acids is 1. The Bertz CT molecular complexity index is 1240. The highest BCUT2D eigenvalue weighted by Crippen LogP contribution is 2.22. The number of aryl methyl sites for hydroxylation is 2. The maximum Gasteiger partial charge on any atom is 0.268 e. The van der Waals surface area contributed by atoms with E-state index in [4.69, 9.17) is 11.6 Å². The van der Waals surface area contributed by atoms with Crippen molar-refractivity contribution in [2.75, 3.05) is 11.1 Å². The predicted octanol–water partition coefficient (Wildman–Crippen LogP) is 2.65. The Morgan fingerprint density at radius 2 is 2.00 bits per heavy atom.